The number of hydrogen-bond acceptors (Lipinski definition) is 7. The van der Waals surface area contributed by atoms with Crippen LogP contribution in [0.4, 0.5) is 19.1 Å². The van der Waals surface area contributed by atoms with E-state index in [-0.39, 0.29) is 52.4 Å². The predicted molar refractivity (Wildman–Crippen MR) is 129 cm³/mol. The Morgan fingerprint density at radius 2 is 1.92 bits per heavy atom. The maximum Gasteiger partial charge on any atom is 0.396 e. The number of nitrogens with zero attached hydrogens (tertiary/aromatic N) is 7. The van der Waals surface area contributed by atoms with Gasteiger partial charge in [0.2, 0.25) is 5.95 Å². The molecular formula is C25H26F3N7O2. The highest BCUT2D eigenvalue weighted by molar-refractivity contribution is 5.87. The standard InChI is InChI=1S/C25H26F3N7O2/c1-13-10-34(12-19(37-13)16-9-29-35(11-16)18-6-7-18)24-31-20(15-4-5-17(8-15)25(26,27)28)21-22(32-24)23(36)33(3)14(2)30-21/h5,9,11,13,17-19H,6-8,10,12H2,1-3H3/t13-,17+,19-/m1/s1. The summed E-state index contributed by atoms with van der Waals surface area (Å²) in [5, 5.41) is 4.47. The summed E-state index contributed by atoms with van der Waals surface area (Å²) in [5.74, 6) is -0.984. The van der Waals surface area contributed by atoms with E-state index >= 15 is 0 Å². The number of fused-ring (bicyclic) bond motifs is 1. The van der Waals surface area contributed by atoms with Gasteiger partial charge < -0.3 is 9.64 Å². The van der Waals surface area contributed by atoms with Crippen molar-refractivity contribution < 1.29 is 17.9 Å². The summed E-state index contributed by atoms with van der Waals surface area (Å²) in [6.07, 6.45) is 1.88. The van der Waals surface area contributed by atoms with E-state index < -0.39 is 12.1 Å². The van der Waals surface area contributed by atoms with E-state index in [4.69, 9.17) is 4.74 Å². The lowest BCUT2D eigenvalue weighted by atomic mass is 10.0. The molecule has 6 rings (SSSR count). The van der Waals surface area contributed by atoms with Gasteiger partial charge in [-0.3, -0.25) is 14.0 Å². The van der Waals surface area contributed by atoms with Crippen LogP contribution in [0.3, 0.4) is 0 Å². The molecule has 9 nitrogen and oxygen atoms in total. The van der Waals surface area contributed by atoms with E-state index in [0.29, 0.717) is 25.0 Å². The van der Waals surface area contributed by atoms with Crippen LogP contribution in [0.5, 0.6) is 0 Å². The molecule has 0 aromatic carbocycles. The molecule has 1 saturated carbocycles. The zero-order valence-electron chi connectivity index (χ0n) is 20.7. The van der Waals surface area contributed by atoms with E-state index in [1.54, 1.807) is 20.2 Å². The minimum Gasteiger partial charge on any atom is -0.367 e. The first-order valence-corrected chi connectivity index (χ1v) is 12.3. The highest BCUT2D eigenvalue weighted by atomic mass is 19.4. The van der Waals surface area contributed by atoms with Crippen molar-refractivity contribution in [2.75, 3.05) is 18.0 Å². The molecule has 3 atom stereocenters. The van der Waals surface area contributed by atoms with Gasteiger partial charge in [-0.1, -0.05) is 0 Å². The van der Waals surface area contributed by atoms with Crippen molar-refractivity contribution in [3.63, 3.8) is 0 Å². The lowest BCUT2D eigenvalue weighted by Gasteiger charge is -2.36. The molecule has 0 unspecified atom stereocenters. The fourth-order valence-corrected chi connectivity index (χ4v) is 4.86. The number of ether oxygens (including phenoxy) is 1. The summed E-state index contributed by atoms with van der Waals surface area (Å²) < 4.78 is 49.7. The number of allylic oxidation sites excluding steroid dienone is 1. The van der Waals surface area contributed by atoms with E-state index in [9.17, 15) is 18.0 Å². The van der Waals surface area contributed by atoms with Gasteiger partial charge in [0, 0.05) is 30.9 Å². The lowest BCUT2D eigenvalue weighted by molar-refractivity contribution is -0.158. The first kappa shape index (κ1) is 23.9. The highest BCUT2D eigenvalue weighted by Crippen LogP contribution is 2.39. The molecule has 3 aromatic heterocycles. The minimum atomic E-state index is -4.39. The molecule has 4 heterocycles. The largest absolute Gasteiger partial charge is 0.396 e. The molecule has 0 radical (unpaired) electrons. The Bertz CT molecular complexity index is 1510. The molecule has 12 heteroatoms. The number of rotatable bonds is 4. The molecule has 2 fully saturated rings. The molecule has 1 aliphatic heterocycles. The Morgan fingerprint density at radius 1 is 1.14 bits per heavy atom. The van der Waals surface area contributed by atoms with Crippen molar-refractivity contribution in [3.05, 3.63) is 51.6 Å². The first-order valence-electron chi connectivity index (χ1n) is 12.3. The van der Waals surface area contributed by atoms with Crippen LogP contribution in [0.25, 0.3) is 16.6 Å². The Kier molecular flexibility index (Phi) is 5.50. The van der Waals surface area contributed by atoms with Crippen molar-refractivity contribution in [1.29, 1.82) is 0 Å². The number of anilines is 1. The predicted octanol–water partition coefficient (Wildman–Crippen LogP) is 3.65. The van der Waals surface area contributed by atoms with Gasteiger partial charge in [-0.15, -0.1) is 5.73 Å². The van der Waals surface area contributed by atoms with E-state index in [1.165, 1.54) is 4.57 Å². The van der Waals surface area contributed by atoms with E-state index in [2.05, 4.69) is 25.8 Å². The molecule has 1 saturated heterocycles. The fraction of sp³-hybridized carbons (Fsp3) is 0.520. The van der Waals surface area contributed by atoms with Gasteiger partial charge in [0.25, 0.3) is 5.56 Å². The van der Waals surface area contributed by atoms with Crippen molar-refractivity contribution in [1.82, 2.24) is 29.3 Å². The average Bonchev–Trinajstić information content (AvgIpc) is 3.36. The monoisotopic (exact) mass is 513 g/mol. The van der Waals surface area contributed by atoms with Gasteiger partial charge >= 0.3 is 6.18 Å². The maximum atomic E-state index is 13.4. The van der Waals surface area contributed by atoms with E-state index in [1.807, 2.05) is 22.7 Å². The summed E-state index contributed by atoms with van der Waals surface area (Å²) in [5.41, 5.74) is 4.02. The normalized spacial score (nSPS) is 24.2. The SMILES string of the molecule is Cc1nc2c(C3=C=C[C@H](C(F)(F)F)C3)nc(N3C[C@@H](C)O[C@@H](c4cnn(C5CC5)c4)C3)nc2c(=O)n1C. The van der Waals surface area contributed by atoms with Gasteiger partial charge in [0.05, 0.1) is 30.8 Å². The molecule has 3 aromatic rings. The smallest absolute Gasteiger partial charge is 0.367 e. The van der Waals surface area contributed by atoms with Crippen molar-refractivity contribution in [2.45, 2.75) is 57.5 Å². The van der Waals surface area contributed by atoms with Crippen LogP contribution in [0.1, 0.15) is 55.4 Å². The second kappa shape index (κ2) is 8.53. The second-order valence-electron chi connectivity index (χ2n) is 10.1. The van der Waals surface area contributed by atoms with Gasteiger partial charge in [-0.25, -0.2) is 15.0 Å². The zero-order valence-corrected chi connectivity index (χ0v) is 20.7. The number of alkyl halides is 3. The molecule has 0 amide bonds. The Labute approximate surface area is 210 Å². The van der Waals surface area contributed by atoms with Crippen LogP contribution < -0.4 is 10.5 Å². The van der Waals surface area contributed by atoms with Crippen LogP contribution >= 0.6 is 0 Å². The fourth-order valence-electron chi connectivity index (χ4n) is 4.86. The lowest BCUT2D eigenvalue weighted by Crippen LogP contribution is -2.44. The van der Waals surface area contributed by atoms with Crippen molar-refractivity contribution in [3.8, 4) is 0 Å². The number of aromatic nitrogens is 6. The zero-order chi connectivity index (χ0) is 26.1. The molecule has 0 bridgehead atoms. The van der Waals surface area contributed by atoms with E-state index in [0.717, 1.165) is 24.5 Å². The van der Waals surface area contributed by atoms with Crippen molar-refractivity contribution in [2.24, 2.45) is 13.0 Å². The Balaban J connectivity index is 1.41. The molecule has 194 valence electrons. The molecule has 0 spiro atoms. The number of halogens is 3. The van der Waals surface area contributed by atoms with Gasteiger partial charge in [-0.05, 0) is 39.2 Å². The third-order valence-electron chi connectivity index (χ3n) is 7.18. The third kappa shape index (κ3) is 4.34. The summed E-state index contributed by atoms with van der Waals surface area (Å²) in [4.78, 5) is 28.8. The van der Waals surface area contributed by atoms with Crippen LogP contribution in [0, 0.1) is 12.8 Å². The molecule has 0 N–H and O–H groups in total. The Hall–Kier alpha value is -3.50. The van der Waals surface area contributed by atoms with Crippen molar-refractivity contribution >= 4 is 22.6 Å². The summed E-state index contributed by atoms with van der Waals surface area (Å²) in [7, 11) is 1.59. The van der Waals surface area contributed by atoms with Gasteiger partial charge in [-0.2, -0.15) is 18.3 Å². The van der Waals surface area contributed by atoms with Crippen LogP contribution in [-0.2, 0) is 11.8 Å². The number of hydrogen-bond donors (Lipinski definition) is 0. The van der Waals surface area contributed by atoms with Crippen LogP contribution in [0.15, 0.2) is 29.0 Å². The molecular weight excluding hydrogens is 487 g/mol. The van der Waals surface area contributed by atoms with Gasteiger partial charge in [0.15, 0.2) is 5.52 Å². The third-order valence-corrected chi connectivity index (χ3v) is 7.18. The quantitative estimate of drug-likeness (QED) is 0.492. The molecule has 3 aliphatic rings. The summed E-state index contributed by atoms with van der Waals surface area (Å²) >= 11 is 0. The number of aryl methyl sites for hydroxylation is 1. The minimum absolute atomic E-state index is 0.0649. The second-order valence-corrected chi connectivity index (χ2v) is 10.1. The van der Waals surface area contributed by atoms with Crippen LogP contribution in [0.2, 0.25) is 0 Å². The summed E-state index contributed by atoms with van der Waals surface area (Å²) in [6, 6.07) is 0.442. The van der Waals surface area contributed by atoms with Gasteiger partial charge in [0.1, 0.15) is 23.1 Å². The molecule has 37 heavy (non-hydrogen) atoms. The number of morpholine rings is 1. The van der Waals surface area contributed by atoms with Crippen LogP contribution in [-0.4, -0.2) is 54.7 Å². The maximum absolute atomic E-state index is 13.4. The molecule has 2 aliphatic carbocycles. The highest BCUT2D eigenvalue weighted by Gasteiger charge is 2.41. The Morgan fingerprint density at radius 3 is 2.62 bits per heavy atom. The first-order chi connectivity index (χ1) is 17.6. The summed E-state index contributed by atoms with van der Waals surface area (Å²) in [6.45, 7) is 4.46. The average molecular weight is 514 g/mol. The topological polar surface area (TPSA) is 91.0 Å².